The summed E-state index contributed by atoms with van der Waals surface area (Å²) >= 11 is 3.42. The summed E-state index contributed by atoms with van der Waals surface area (Å²) < 4.78 is 5.63. The third-order valence-corrected chi connectivity index (χ3v) is 5.04. The van der Waals surface area contributed by atoms with Crippen molar-refractivity contribution in [2.45, 2.75) is 32.4 Å². The van der Waals surface area contributed by atoms with E-state index in [0.29, 0.717) is 12.2 Å². The number of hydrazone groups is 1. The number of rotatable bonds is 5. The highest BCUT2D eigenvalue weighted by atomic mass is 79.9. The van der Waals surface area contributed by atoms with Gasteiger partial charge in [0.15, 0.2) is 0 Å². The number of halogens is 1. The van der Waals surface area contributed by atoms with Gasteiger partial charge in [-0.1, -0.05) is 41.9 Å². The largest absolute Gasteiger partial charge is 0.453 e. The van der Waals surface area contributed by atoms with Crippen LogP contribution in [0.2, 0.25) is 0 Å². The molecule has 1 aliphatic rings. The molecule has 3 rings (SSSR count). The molecule has 0 bridgehead atoms. The molecule has 2 aromatic rings. The molecule has 0 radical (unpaired) electrons. The molecule has 2 amide bonds. The van der Waals surface area contributed by atoms with Crippen molar-refractivity contribution in [1.82, 2.24) is 20.3 Å². The number of hydrogen-bond donors (Lipinski definition) is 2. The quantitative estimate of drug-likeness (QED) is 0.732. The van der Waals surface area contributed by atoms with Gasteiger partial charge in [0, 0.05) is 17.1 Å². The highest BCUT2D eigenvalue weighted by Crippen LogP contribution is 2.29. The van der Waals surface area contributed by atoms with Crippen LogP contribution in [0.15, 0.2) is 40.0 Å². The molecule has 148 valence electrons. The number of nitrogens with zero attached hydrogens (tertiary/aromatic N) is 3. The van der Waals surface area contributed by atoms with Crippen LogP contribution in [0.4, 0.5) is 4.79 Å². The summed E-state index contributed by atoms with van der Waals surface area (Å²) in [6.07, 6.45) is 3.32. The molecule has 8 nitrogen and oxygen atoms in total. The van der Waals surface area contributed by atoms with Crippen LogP contribution >= 0.6 is 15.9 Å². The normalized spacial score (nSPS) is 17.0. The summed E-state index contributed by atoms with van der Waals surface area (Å²) in [5, 5.41) is 8.19. The first-order valence-corrected chi connectivity index (χ1v) is 9.71. The Labute approximate surface area is 171 Å². The molecule has 2 atom stereocenters. The van der Waals surface area contributed by atoms with Gasteiger partial charge in [-0.2, -0.15) is 5.10 Å². The summed E-state index contributed by atoms with van der Waals surface area (Å²) in [4.78, 5) is 32.4. The number of carbonyl (C=O) groups excluding carboxylic acids is 2. The predicted molar refractivity (Wildman–Crippen MR) is 109 cm³/mol. The Morgan fingerprint density at radius 3 is 2.68 bits per heavy atom. The Kier molecular flexibility index (Phi) is 6.13. The molecule has 0 spiro atoms. The Balaban J connectivity index is 1.80. The van der Waals surface area contributed by atoms with E-state index in [1.54, 1.807) is 12.4 Å². The maximum atomic E-state index is 13.0. The zero-order valence-electron chi connectivity index (χ0n) is 15.8. The molecule has 1 aliphatic heterocycles. The lowest BCUT2D eigenvalue weighted by Crippen LogP contribution is -2.50. The average molecular weight is 448 g/mol. The van der Waals surface area contributed by atoms with Crippen LogP contribution < -0.4 is 5.32 Å². The first-order valence-electron chi connectivity index (χ1n) is 8.91. The fraction of sp³-hybridized carbons (Fsp3) is 0.368. The average Bonchev–Trinajstić information content (AvgIpc) is 3.34. The zero-order valence-corrected chi connectivity index (χ0v) is 17.4. The van der Waals surface area contributed by atoms with E-state index in [4.69, 9.17) is 0 Å². The van der Waals surface area contributed by atoms with E-state index in [9.17, 15) is 9.59 Å². The number of aromatic nitrogens is 2. The second-order valence-electron chi connectivity index (χ2n) is 6.78. The van der Waals surface area contributed by atoms with Gasteiger partial charge >= 0.3 is 6.09 Å². The number of carbonyl (C=O) groups is 2. The van der Waals surface area contributed by atoms with Crippen molar-refractivity contribution in [1.29, 1.82) is 0 Å². The molecule has 1 aromatic carbocycles. The van der Waals surface area contributed by atoms with Crippen molar-refractivity contribution in [3.63, 3.8) is 0 Å². The van der Waals surface area contributed by atoms with Crippen LogP contribution in [0.1, 0.15) is 32.1 Å². The fourth-order valence-electron chi connectivity index (χ4n) is 2.98. The minimum atomic E-state index is -0.744. The summed E-state index contributed by atoms with van der Waals surface area (Å²) in [6, 6.07) is 6.77. The SMILES string of the molecule is COC(=O)N[C@H](C(=O)N1N=CC[C@H]1c1ncc(-c2ccc(Br)cc2)[nH]1)C(C)C. The highest BCUT2D eigenvalue weighted by molar-refractivity contribution is 9.10. The third kappa shape index (κ3) is 4.24. The number of H-pyrrole nitrogens is 1. The Morgan fingerprint density at radius 1 is 1.32 bits per heavy atom. The molecule has 0 saturated carbocycles. The first-order chi connectivity index (χ1) is 13.4. The van der Waals surface area contributed by atoms with Gasteiger partial charge < -0.3 is 15.0 Å². The summed E-state index contributed by atoms with van der Waals surface area (Å²) in [5.74, 6) is 0.211. The molecule has 28 heavy (non-hydrogen) atoms. The van der Waals surface area contributed by atoms with E-state index in [1.807, 2.05) is 38.1 Å². The Morgan fingerprint density at radius 2 is 2.04 bits per heavy atom. The number of alkyl carbamates (subject to hydrolysis) is 1. The molecule has 0 saturated heterocycles. The molecule has 1 aromatic heterocycles. The van der Waals surface area contributed by atoms with E-state index in [2.05, 4.69) is 41.1 Å². The van der Waals surface area contributed by atoms with Crippen LogP contribution in [0, 0.1) is 5.92 Å². The standard InChI is InChI=1S/C19H22BrN5O3/c1-11(2)16(24-19(27)28-3)18(26)25-15(8-9-22-25)17-21-10-14(23-17)12-4-6-13(20)7-5-12/h4-7,9-11,15-16H,8H2,1-3H3,(H,21,23)(H,24,27)/t15-,16-/m0/s1. The van der Waals surface area contributed by atoms with Gasteiger partial charge in [-0.25, -0.2) is 14.8 Å². The molecule has 0 unspecified atom stereocenters. The minimum Gasteiger partial charge on any atom is -0.453 e. The molecular weight excluding hydrogens is 426 g/mol. The lowest BCUT2D eigenvalue weighted by Gasteiger charge is -2.27. The third-order valence-electron chi connectivity index (χ3n) is 4.51. The number of aromatic amines is 1. The van der Waals surface area contributed by atoms with Crippen LogP contribution in [-0.4, -0.2) is 46.3 Å². The number of ether oxygens (including phenoxy) is 1. The van der Waals surface area contributed by atoms with Gasteiger partial charge in [-0.15, -0.1) is 0 Å². The Bertz CT molecular complexity index is 878. The topological polar surface area (TPSA) is 99.7 Å². The van der Waals surface area contributed by atoms with Crippen LogP contribution in [0.5, 0.6) is 0 Å². The number of nitrogens with one attached hydrogen (secondary N) is 2. The van der Waals surface area contributed by atoms with Gasteiger partial charge in [-0.3, -0.25) is 4.79 Å². The van der Waals surface area contributed by atoms with E-state index >= 15 is 0 Å². The van der Waals surface area contributed by atoms with Gasteiger partial charge in [0.1, 0.15) is 17.9 Å². The van der Waals surface area contributed by atoms with Gasteiger partial charge in [0.05, 0.1) is 19.0 Å². The molecule has 0 aliphatic carbocycles. The van der Waals surface area contributed by atoms with Crippen molar-refractivity contribution in [3.8, 4) is 11.3 Å². The van der Waals surface area contributed by atoms with Gasteiger partial charge in [0.25, 0.3) is 5.91 Å². The second-order valence-corrected chi connectivity index (χ2v) is 7.69. The van der Waals surface area contributed by atoms with Crippen molar-refractivity contribution < 1.29 is 14.3 Å². The number of hydrogen-bond acceptors (Lipinski definition) is 5. The smallest absolute Gasteiger partial charge is 0.407 e. The van der Waals surface area contributed by atoms with Gasteiger partial charge in [0.2, 0.25) is 0 Å². The number of imidazole rings is 1. The molecule has 0 fully saturated rings. The number of benzene rings is 1. The lowest BCUT2D eigenvalue weighted by molar-refractivity contribution is -0.136. The number of methoxy groups -OCH3 is 1. The first kappa shape index (κ1) is 20.1. The predicted octanol–water partition coefficient (Wildman–Crippen LogP) is 3.48. The van der Waals surface area contributed by atoms with Crippen molar-refractivity contribution in [2.24, 2.45) is 11.0 Å². The molecular formula is C19H22BrN5O3. The van der Waals surface area contributed by atoms with Crippen LogP contribution in [-0.2, 0) is 9.53 Å². The molecule has 2 heterocycles. The summed E-state index contributed by atoms with van der Waals surface area (Å²) in [6.45, 7) is 3.71. The molecule has 9 heteroatoms. The van der Waals surface area contributed by atoms with Crippen molar-refractivity contribution >= 4 is 34.1 Å². The van der Waals surface area contributed by atoms with Crippen molar-refractivity contribution in [2.75, 3.05) is 7.11 Å². The van der Waals surface area contributed by atoms with Crippen LogP contribution in [0.3, 0.4) is 0 Å². The zero-order chi connectivity index (χ0) is 20.3. The van der Waals surface area contributed by atoms with Crippen LogP contribution in [0.25, 0.3) is 11.3 Å². The lowest BCUT2D eigenvalue weighted by atomic mass is 10.0. The van der Waals surface area contributed by atoms with E-state index < -0.39 is 12.1 Å². The van der Waals surface area contributed by atoms with E-state index in [0.717, 1.165) is 15.7 Å². The van der Waals surface area contributed by atoms with Crippen molar-refractivity contribution in [3.05, 3.63) is 40.8 Å². The maximum absolute atomic E-state index is 13.0. The van der Waals surface area contributed by atoms with Gasteiger partial charge in [-0.05, 0) is 23.6 Å². The van der Waals surface area contributed by atoms with E-state index in [-0.39, 0.29) is 17.9 Å². The monoisotopic (exact) mass is 447 g/mol. The highest BCUT2D eigenvalue weighted by Gasteiger charge is 2.36. The Hall–Kier alpha value is -2.68. The summed E-state index contributed by atoms with van der Waals surface area (Å²) in [7, 11) is 1.26. The summed E-state index contributed by atoms with van der Waals surface area (Å²) in [5.41, 5.74) is 1.85. The maximum Gasteiger partial charge on any atom is 0.407 e. The minimum absolute atomic E-state index is 0.127. The fourth-order valence-corrected chi connectivity index (χ4v) is 3.24. The second kappa shape index (κ2) is 8.55. The number of amides is 2. The molecule has 2 N–H and O–H groups in total. The van der Waals surface area contributed by atoms with E-state index in [1.165, 1.54) is 12.1 Å².